The van der Waals surface area contributed by atoms with E-state index in [-0.39, 0.29) is 0 Å². The minimum absolute atomic E-state index is 0.510. The molecular formula is C15H12N6OS. The molecule has 0 atom stereocenters. The van der Waals surface area contributed by atoms with Gasteiger partial charge in [-0.3, -0.25) is 0 Å². The highest BCUT2D eigenvalue weighted by Gasteiger charge is 2.14. The highest BCUT2D eigenvalue weighted by molar-refractivity contribution is 7.99. The molecule has 0 unspecified atom stereocenters. The molecular weight excluding hydrogens is 312 g/mol. The van der Waals surface area contributed by atoms with E-state index >= 15 is 0 Å². The molecule has 114 valence electrons. The minimum atomic E-state index is 0.510. The molecule has 8 heteroatoms. The molecule has 2 heterocycles. The molecule has 0 N–H and O–H groups in total. The van der Waals surface area contributed by atoms with Crippen molar-refractivity contribution in [2.45, 2.75) is 17.1 Å². The first kappa shape index (κ1) is 15.0. The van der Waals surface area contributed by atoms with Crippen LogP contribution in [0.4, 0.5) is 0 Å². The predicted molar refractivity (Wildman–Crippen MR) is 83.4 cm³/mol. The average molecular weight is 324 g/mol. The molecule has 0 radical (unpaired) electrons. The summed E-state index contributed by atoms with van der Waals surface area (Å²) in [6.45, 7) is 2.48. The number of tetrazole rings is 1. The van der Waals surface area contributed by atoms with Crippen molar-refractivity contribution in [2.75, 3.05) is 6.61 Å². The monoisotopic (exact) mass is 324 g/mol. The van der Waals surface area contributed by atoms with Crippen LogP contribution >= 0.6 is 11.8 Å². The molecule has 3 aromatic rings. The number of hydrogen-bond donors (Lipinski definition) is 0. The Morgan fingerprint density at radius 3 is 2.87 bits per heavy atom. The van der Waals surface area contributed by atoms with Crippen molar-refractivity contribution in [3.63, 3.8) is 0 Å². The predicted octanol–water partition coefficient (Wildman–Crippen LogP) is 2.48. The van der Waals surface area contributed by atoms with Crippen LogP contribution in [0.3, 0.4) is 0 Å². The van der Waals surface area contributed by atoms with E-state index in [1.165, 1.54) is 18.0 Å². The fraction of sp³-hybridized carbons (Fsp3) is 0.133. The fourth-order valence-corrected chi connectivity index (χ4v) is 2.63. The van der Waals surface area contributed by atoms with E-state index in [0.29, 0.717) is 28.1 Å². The maximum absolute atomic E-state index is 8.81. The third-order valence-electron chi connectivity index (χ3n) is 2.90. The van der Waals surface area contributed by atoms with Gasteiger partial charge in [-0.15, -0.1) is 5.10 Å². The Bertz CT molecular complexity index is 840. The van der Waals surface area contributed by atoms with Crippen LogP contribution in [0, 0.1) is 11.3 Å². The molecule has 0 amide bonds. The van der Waals surface area contributed by atoms with Crippen LogP contribution in [0.25, 0.3) is 5.69 Å². The normalized spacial score (nSPS) is 10.3. The lowest BCUT2D eigenvalue weighted by Gasteiger charge is -2.10. The topological polar surface area (TPSA) is 89.5 Å². The molecule has 0 aliphatic heterocycles. The summed E-state index contributed by atoms with van der Waals surface area (Å²) < 4.78 is 7.23. The number of para-hydroxylation sites is 2. The van der Waals surface area contributed by atoms with Crippen molar-refractivity contribution < 1.29 is 4.74 Å². The Balaban J connectivity index is 1.92. The number of rotatable bonds is 5. The molecule has 1 aromatic carbocycles. The Kier molecular flexibility index (Phi) is 4.49. The summed E-state index contributed by atoms with van der Waals surface area (Å²) in [5.41, 5.74) is 1.27. The van der Waals surface area contributed by atoms with Crippen LogP contribution in [0.1, 0.15) is 12.5 Å². The van der Waals surface area contributed by atoms with Gasteiger partial charge in [0.2, 0.25) is 5.16 Å². The zero-order valence-electron chi connectivity index (χ0n) is 12.2. The van der Waals surface area contributed by atoms with Crippen LogP contribution in [0.2, 0.25) is 0 Å². The number of pyridine rings is 1. The Morgan fingerprint density at radius 2 is 2.13 bits per heavy atom. The maximum atomic E-state index is 8.81. The van der Waals surface area contributed by atoms with Gasteiger partial charge in [0.1, 0.15) is 22.5 Å². The van der Waals surface area contributed by atoms with E-state index in [2.05, 4.69) is 20.5 Å². The molecule has 3 rings (SSSR count). The molecule has 0 fully saturated rings. The maximum Gasteiger partial charge on any atom is 0.220 e. The molecule has 0 aliphatic rings. The van der Waals surface area contributed by atoms with E-state index in [1.807, 2.05) is 37.3 Å². The van der Waals surface area contributed by atoms with Crippen molar-refractivity contribution in [3.8, 4) is 17.5 Å². The zero-order chi connectivity index (χ0) is 16.1. The SMILES string of the molecule is CCOc1ccccc1-n1nnnc1Sc1ccc(C#N)cn1. The average Bonchev–Trinajstić information content (AvgIpc) is 3.04. The summed E-state index contributed by atoms with van der Waals surface area (Å²) in [6.07, 6.45) is 1.52. The van der Waals surface area contributed by atoms with Gasteiger partial charge < -0.3 is 4.74 Å². The van der Waals surface area contributed by atoms with Crippen molar-refractivity contribution in [3.05, 3.63) is 48.2 Å². The Morgan fingerprint density at radius 1 is 1.26 bits per heavy atom. The fourth-order valence-electron chi connectivity index (χ4n) is 1.90. The van der Waals surface area contributed by atoms with Crippen LogP contribution in [0.5, 0.6) is 5.75 Å². The molecule has 2 aromatic heterocycles. The standard InChI is InChI=1S/C15H12N6OS/c1-2-22-13-6-4-3-5-12(13)21-15(18-19-20-21)23-14-8-7-11(9-16)10-17-14/h3-8,10H,2H2,1H3. The van der Waals surface area contributed by atoms with E-state index in [4.69, 9.17) is 10.00 Å². The molecule has 0 saturated carbocycles. The lowest BCUT2D eigenvalue weighted by Crippen LogP contribution is -2.03. The first-order chi connectivity index (χ1) is 11.3. The van der Waals surface area contributed by atoms with E-state index in [1.54, 1.807) is 16.8 Å². The summed E-state index contributed by atoms with van der Waals surface area (Å²) >= 11 is 1.31. The first-order valence-electron chi connectivity index (χ1n) is 6.86. The van der Waals surface area contributed by atoms with E-state index in [0.717, 1.165) is 5.69 Å². The second kappa shape index (κ2) is 6.89. The number of ether oxygens (including phenoxy) is 1. The molecule has 0 bridgehead atoms. The Labute approximate surface area is 136 Å². The number of hydrogen-bond acceptors (Lipinski definition) is 7. The van der Waals surface area contributed by atoms with E-state index < -0.39 is 0 Å². The van der Waals surface area contributed by atoms with Crippen LogP contribution in [0.15, 0.2) is 52.8 Å². The van der Waals surface area contributed by atoms with Gasteiger partial charge in [-0.05, 0) is 53.4 Å². The smallest absolute Gasteiger partial charge is 0.220 e. The molecule has 0 spiro atoms. The minimum Gasteiger partial charge on any atom is -0.492 e. The van der Waals surface area contributed by atoms with E-state index in [9.17, 15) is 0 Å². The number of nitriles is 1. The van der Waals surface area contributed by atoms with Gasteiger partial charge in [0, 0.05) is 6.20 Å². The molecule has 23 heavy (non-hydrogen) atoms. The van der Waals surface area contributed by atoms with Gasteiger partial charge >= 0.3 is 0 Å². The van der Waals surface area contributed by atoms with Gasteiger partial charge in [-0.25, -0.2) is 4.98 Å². The van der Waals surface area contributed by atoms with Gasteiger partial charge in [0.05, 0.1) is 12.2 Å². The summed E-state index contributed by atoms with van der Waals surface area (Å²) in [5.74, 6) is 0.705. The number of aromatic nitrogens is 5. The zero-order valence-corrected chi connectivity index (χ0v) is 13.1. The van der Waals surface area contributed by atoms with Gasteiger partial charge in [-0.2, -0.15) is 9.94 Å². The van der Waals surface area contributed by atoms with Gasteiger partial charge in [0.15, 0.2) is 0 Å². The molecule has 7 nitrogen and oxygen atoms in total. The number of nitrogens with zero attached hydrogens (tertiary/aromatic N) is 6. The Hall–Kier alpha value is -2.92. The third-order valence-corrected chi connectivity index (χ3v) is 3.78. The van der Waals surface area contributed by atoms with Crippen LogP contribution in [-0.4, -0.2) is 31.8 Å². The first-order valence-corrected chi connectivity index (χ1v) is 7.68. The lowest BCUT2D eigenvalue weighted by atomic mass is 10.3. The second-order valence-electron chi connectivity index (χ2n) is 4.37. The van der Waals surface area contributed by atoms with Crippen molar-refractivity contribution in [1.82, 2.24) is 25.2 Å². The lowest BCUT2D eigenvalue weighted by molar-refractivity contribution is 0.337. The van der Waals surface area contributed by atoms with Gasteiger partial charge in [-0.1, -0.05) is 12.1 Å². The number of benzene rings is 1. The van der Waals surface area contributed by atoms with Crippen LogP contribution < -0.4 is 4.74 Å². The largest absolute Gasteiger partial charge is 0.492 e. The molecule has 0 aliphatic carbocycles. The van der Waals surface area contributed by atoms with Crippen molar-refractivity contribution in [1.29, 1.82) is 5.26 Å². The van der Waals surface area contributed by atoms with Crippen molar-refractivity contribution >= 4 is 11.8 Å². The highest BCUT2D eigenvalue weighted by atomic mass is 32.2. The van der Waals surface area contributed by atoms with Crippen molar-refractivity contribution in [2.24, 2.45) is 0 Å². The summed E-state index contributed by atoms with van der Waals surface area (Å²) in [4.78, 5) is 4.22. The second-order valence-corrected chi connectivity index (χ2v) is 5.36. The summed E-state index contributed by atoms with van der Waals surface area (Å²) in [5, 5.41) is 21.9. The van der Waals surface area contributed by atoms with Gasteiger partial charge in [0.25, 0.3) is 0 Å². The summed E-state index contributed by atoms with van der Waals surface area (Å²) in [7, 11) is 0. The summed E-state index contributed by atoms with van der Waals surface area (Å²) in [6, 6.07) is 13.1. The van der Waals surface area contributed by atoms with Crippen LogP contribution in [-0.2, 0) is 0 Å². The quantitative estimate of drug-likeness (QED) is 0.712. The highest BCUT2D eigenvalue weighted by Crippen LogP contribution is 2.29. The molecule has 0 saturated heterocycles. The third kappa shape index (κ3) is 3.30.